The van der Waals surface area contributed by atoms with Crippen LogP contribution < -0.4 is 5.62 Å². The zero-order valence-electron chi connectivity index (χ0n) is 20.8. The first-order valence-electron chi connectivity index (χ1n) is 12.3. The lowest BCUT2D eigenvalue weighted by Crippen LogP contribution is -2.53. The predicted molar refractivity (Wildman–Crippen MR) is 138 cm³/mol. The quantitative estimate of drug-likeness (QED) is 0.448. The van der Waals surface area contributed by atoms with Crippen molar-refractivity contribution >= 4 is 17.1 Å². The highest BCUT2D eigenvalue weighted by molar-refractivity contribution is 5.84. The van der Waals surface area contributed by atoms with Gasteiger partial charge in [0.2, 0.25) is 11.5 Å². The molecule has 1 saturated heterocycles. The van der Waals surface area contributed by atoms with Crippen LogP contribution in [0.4, 0.5) is 0 Å². The molecule has 0 bridgehead atoms. The van der Waals surface area contributed by atoms with Crippen LogP contribution >= 0.6 is 0 Å². The third-order valence-electron chi connectivity index (χ3n) is 7.18. The van der Waals surface area contributed by atoms with E-state index >= 15 is 0 Å². The minimum absolute atomic E-state index is 0.0757. The van der Waals surface area contributed by atoms with E-state index in [4.69, 9.17) is 0 Å². The van der Waals surface area contributed by atoms with Crippen LogP contribution in [0.25, 0.3) is 11.2 Å². The minimum Gasteiger partial charge on any atom is -0.338 e. The van der Waals surface area contributed by atoms with Gasteiger partial charge in [-0.25, -0.2) is 4.98 Å². The van der Waals surface area contributed by atoms with Gasteiger partial charge < -0.3 is 9.47 Å². The first-order chi connectivity index (χ1) is 17.4. The molecule has 0 spiro atoms. The van der Waals surface area contributed by atoms with Crippen LogP contribution in [0.1, 0.15) is 41.3 Å². The number of hydrogen-bond acceptors (Lipinski definition) is 4. The number of nitriles is 1. The van der Waals surface area contributed by atoms with Gasteiger partial charge in [-0.05, 0) is 44.0 Å². The van der Waals surface area contributed by atoms with Crippen LogP contribution in [0.5, 0.6) is 0 Å². The van der Waals surface area contributed by atoms with Crippen molar-refractivity contribution in [2.45, 2.75) is 39.3 Å². The Labute approximate surface area is 210 Å². The van der Waals surface area contributed by atoms with Crippen LogP contribution in [-0.2, 0) is 11.2 Å². The van der Waals surface area contributed by atoms with E-state index < -0.39 is 6.04 Å². The van der Waals surface area contributed by atoms with Crippen LogP contribution in [0, 0.1) is 36.5 Å². The molecular weight excluding hydrogens is 448 g/mol. The van der Waals surface area contributed by atoms with E-state index in [1.807, 2.05) is 47.9 Å². The van der Waals surface area contributed by atoms with Crippen molar-refractivity contribution in [3.8, 4) is 6.07 Å². The average molecular weight is 479 g/mol. The van der Waals surface area contributed by atoms with Crippen molar-refractivity contribution < 1.29 is 4.79 Å². The number of likely N-dealkylation sites (tertiary alicyclic amines) is 1. The summed E-state index contributed by atoms with van der Waals surface area (Å²) in [5, 5.41) is 18.5. The van der Waals surface area contributed by atoms with E-state index in [0.29, 0.717) is 25.2 Å². The molecule has 1 N–H and O–H groups in total. The van der Waals surface area contributed by atoms with Crippen LogP contribution in [-0.4, -0.2) is 38.0 Å². The van der Waals surface area contributed by atoms with E-state index in [9.17, 15) is 15.5 Å². The second kappa shape index (κ2) is 9.46. The summed E-state index contributed by atoms with van der Waals surface area (Å²) in [7, 11) is 0. The number of pyridine rings is 1. The summed E-state index contributed by atoms with van der Waals surface area (Å²) in [5.74, 6) is -0.205. The average Bonchev–Trinajstić information content (AvgIpc) is 3.14. The molecule has 1 aliphatic rings. The monoisotopic (exact) mass is 478 g/mol. The molecule has 4 aromatic rings. The maximum absolute atomic E-state index is 13.8. The van der Waals surface area contributed by atoms with Gasteiger partial charge in [-0.2, -0.15) is 5.26 Å². The van der Waals surface area contributed by atoms with Crippen molar-refractivity contribution in [1.82, 2.24) is 19.0 Å². The molecule has 0 aliphatic carbocycles. The molecule has 1 aliphatic heterocycles. The van der Waals surface area contributed by atoms with Gasteiger partial charge in [0.1, 0.15) is 6.04 Å². The number of aryl methyl sites for hydroxylation is 2. The highest BCUT2D eigenvalue weighted by Gasteiger charge is 2.37. The van der Waals surface area contributed by atoms with Crippen LogP contribution in [0.2, 0.25) is 0 Å². The maximum atomic E-state index is 13.8. The van der Waals surface area contributed by atoms with E-state index in [1.165, 1.54) is 5.56 Å². The van der Waals surface area contributed by atoms with E-state index in [0.717, 1.165) is 22.2 Å². The third kappa shape index (κ3) is 4.20. The number of hydrogen-bond donors (Lipinski definition) is 1. The molecule has 182 valence electrons. The Balaban J connectivity index is 1.64. The third-order valence-corrected chi connectivity index (χ3v) is 7.18. The van der Waals surface area contributed by atoms with Gasteiger partial charge in [-0.3, -0.25) is 14.8 Å². The summed E-state index contributed by atoms with van der Waals surface area (Å²) in [4.78, 5) is 20.2. The first-order valence-corrected chi connectivity index (χ1v) is 12.3. The Hall–Kier alpha value is -4.18. The van der Waals surface area contributed by atoms with Gasteiger partial charge in [0.15, 0.2) is 5.65 Å². The molecular formula is C29H30N6O. The SMILES string of the molecule is Cc1ccc(CC(C(=O)N2CC(C#N)C2)n2c(=N)n(C(C)c3ccc(C)cc3)c3cccnc32)cc1. The van der Waals surface area contributed by atoms with Crippen molar-refractivity contribution in [3.63, 3.8) is 0 Å². The Morgan fingerprint density at radius 2 is 1.69 bits per heavy atom. The largest absolute Gasteiger partial charge is 0.338 e. The summed E-state index contributed by atoms with van der Waals surface area (Å²) in [5.41, 5.74) is 6.11. The van der Waals surface area contributed by atoms with Gasteiger partial charge >= 0.3 is 0 Å². The summed E-state index contributed by atoms with van der Waals surface area (Å²) in [6.07, 6.45) is 2.15. The Kier molecular flexibility index (Phi) is 6.19. The fourth-order valence-corrected chi connectivity index (χ4v) is 4.96. The van der Waals surface area contributed by atoms with Crippen molar-refractivity contribution in [2.24, 2.45) is 5.92 Å². The second-order valence-electron chi connectivity index (χ2n) is 9.77. The summed E-state index contributed by atoms with van der Waals surface area (Å²) < 4.78 is 3.73. The molecule has 1 amide bonds. The predicted octanol–water partition coefficient (Wildman–Crippen LogP) is 4.31. The first kappa shape index (κ1) is 23.6. The molecule has 36 heavy (non-hydrogen) atoms. The number of imidazole rings is 1. The fraction of sp³-hybridized carbons (Fsp3) is 0.310. The number of nitrogens with zero attached hydrogens (tertiary/aromatic N) is 5. The maximum Gasteiger partial charge on any atom is 0.246 e. The molecule has 2 aromatic carbocycles. The van der Waals surface area contributed by atoms with Gasteiger partial charge in [-0.1, -0.05) is 59.7 Å². The smallest absolute Gasteiger partial charge is 0.246 e. The summed E-state index contributed by atoms with van der Waals surface area (Å²) in [6.45, 7) is 7.03. The molecule has 1 fully saturated rings. The molecule has 7 nitrogen and oxygen atoms in total. The molecule has 2 atom stereocenters. The molecule has 0 radical (unpaired) electrons. The fourth-order valence-electron chi connectivity index (χ4n) is 4.96. The van der Waals surface area contributed by atoms with Crippen molar-refractivity contribution in [1.29, 1.82) is 10.7 Å². The van der Waals surface area contributed by atoms with Crippen molar-refractivity contribution in [2.75, 3.05) is 13.1 Å². The van der Waals surface area contributed by atoms with Gasteiger partial charge in [0.05, 0.1) is 23.5 Å². The van der Waals surface area contributed by atoms with Crippen molar-refractivity contribution in [3.05, 3.63) is 94.7 Å². The molecule has 7 heteroatoms. The number of aromatic nitrogens is 3. The highest BCUT2D eigenvalue weighted by atomic mass is 16.2. The number of nitrogens with one attached hydrogen (secondary N) is 1. The van der Waals surface area contributed by atoms with E-state index in [2.05, 4.69) is 49.2 Å². The standard InChI is InChI=1S/C29H30N6O/c1-19-6-10-22(11-7-19)15-26(28(36)33-17-23(16-30)18-33)35-27-25(5-4-14-32-27)34(29(35)31)21(3)24-12-8-20(2)9-13-24/h4-14,21,23,26,31H,15,17-18H2,1-3H3. The summed E-state index contributed by atoms with van der Waals surface area (Å²) in [6, 6.07) is 21.8. The molecule has 2 aromatic heterocycles. The second-order valence-corrected chi connectivity index (χ2v) is 9.77. The Morgan fingerprint density at radius 3 is 2.33 bits per heavy atom. The van der Waals surface area contributed by atoms with Gasteiger partial charge in [0, 0.05) is 25.7 Å². The number of carbonyl (C=O) groups excluding carboxylic acids is 1. The minimum atomic E-state index is -0.635. The number of carbonyl (C=O) groups is 1. The zero-order chi connectivity index (χ0) is 25.4. The molecule has 2 unspecified atom stereocenters. The summed E-state index contributed by atoms with van der Waals surface area (Å²) >= 11 is 0. The topological polar surface area (TPSA) is 90.7 Å². The van der Waals surface area contributed by atoms with Crippen LogP contribution in [0.15, 0.2) is 66.9 Å². The molecule has 5 rings (SSSR count). The van der Waals surface area contributed by atoms with E-state index in [-0.39, 0.29) is 23.5 Å². The normalized spacial score (nSPS) is 15.3. The number of fused-ring (bicyclic) bond motifs is 1. The molecule has 0 saturated carbocycles. The van der Waals surface area contributed by atoms with Crippen LogP contribution in [0.3, 0.4) is 0 Å². The number of benzene rings is 2. The zero-order valence-corrected chi connectivity index (χ0v) is 20.8. The van der Waals surface area contributed by atoms with Gasteiger partial charge in [0.25, 0.3) is 0 Å². The highest BCUT2D eigenvalue weighted by Crippen LogP contribution is 2.28. The van der Waals surface area contributed by atoms with E-state index in [1.54, 1.807) is 15.7 Å². The van der Waals surface area contributed by atoms with Gasteiger partial charge in [-0.15, -0.1) is 0 Å². The lowest BCUT2D eigenvalue weighted by molar-refractivity contribution is -0.140. The molecule has 3 heterocycles. The number of rotatable bonds is 6. The lowest BCUT2D eigenvalue weighted by Gasteiger charge is -2.38. The Morgan fingerprint density at radius 1 is 1.06 bits per heavy atom. The Bertz CT molecular complexity index is 1500. The number of amides is 1. The lowest BCUT2D eigenvalue weighted by atomic mass is 9.98.